The molecule has 2 aromatic carbocycles. The molecule has 5 nitrogen and oxygen atoms in total. The molecule has 2 N–H and O–H groups in total. The van der Waals surface area contributed by atoms with Crippen molar-refractivity contribution in [3.63, 3.8) is 0 Å². The molecule has 0 aliphatic carbocycles. The number of aliphatic imine (C=N–C) groups is 1. The Labute approximate surface area is 155 Å². The largest absolute Gasteiger partial charge is 0.496 e. The maximum absolute atomic E-state index is 8.86. The van der Waals surface area contributed by atoms with Crippen LogP contribution in [0.15, 0.2) is 47.5 Å². The van der Waals surface area contributed by atoms with Gasteiger partial charge in [-0.05, 0) is 49.6 Å². The lowest BCUT2D eigenvalue weighted by molar-refractivity contribution is 0.409. The van der Waals surface area contributed by atoms with Crippen molar-refractivity contribution in [2.45, 2.75) is 26.8 Å². The van der Waals surface area contributed by atoms with Crippen molar-refractivity contribution in [3.8, 4) is 11.8 Å². The third-order valence-electron chi connectivity index (χ3n) is 3.97. The summed E-state index contributed by atoms with van der Waals surface area (Å²) in [6.07, 6.45) is 0.853. The molecule has 136 valence electrons. The Morgan fingerprint density at radius 2 is 1.92 bits per heavy atom. The summed E-state index contributed by atoms with van der Waals surface area (Å²) in [4.78, 5) is 4.61. The van der Waals surface area contributed by atoms with E-state index in [0.717, 1.165) is 36.8 Å². The highest BCUT2D eigenvalue weighted by atomic mass is 16.5. The summed E-state index contributed by atoms with van der Waals surface area (Å²) in [6.45, 7) is 6.25. The third-order valence-corrected chi connectivity index (χ3v) is 3.97. The van der Waals surface area contributed by atoms with Crippen LogP contribution in [0, 0.1) is 18.3 Å². The number of methoxy groups -OCH3 is 1. The van der Waals surface area contributed by atoms with Gasteiger partial charge in [-0.25, -0.2) is 4.99 Å². The minimum absolute atomic E-state index is 0.564. The van der Waals surface area contributed by atoms with Gasteiger partial charge in [0, 0.05) is 13.1 Å². The fourth-order valence-electron chi connectivity index (χ4n) is 2.62. The van der Waals surface area contributed by atoms with Gasteiger partial charge in [0.1, 0.15) is 5.75 Å². The monoisotopic (exact) mass is 350 g/mol. The minimum Gasteiger partial charge on any atom is -0.496 e. The molecular weight excluding hydrogens is 324 g/mol. The van der Waals surface area contributed by atoms with Crippen LogP contribution in [0.1, 0.15) is 29.2 Å². The van der Waals surface area contributed by atoms with Crippen LogP contribution >= 0.6 is 0 Å². The summed E-state index contributed by atoms with van der Waals surface area (Å²) in [7, 11) is 1.70. The Hall–Kier alpha value is -3.00. The highest BCUT2D eigenvalue weighted by molar-refractivity contribution is 5.79. The first-order chi connectivity index (χ1) is 12.7. The van der Waals surface area contributed by atoms with E-state index in [4.69, 9.17) is 10.00 Å². The number of nitrogens with one attached hydrogen (secondary N) is 2. The summed E-state index contributed by atoms with van der Waals surface area (Å²) in [5, 5.41) is 15.5. The van der Waals surface area contributed by atoms with Crippen LogP contribution in [0.4, 0.5) is 0 Å². The second-order valence-corrected chi connectivity index (χ2v) is 6.00. The molecule has 0 fully saturated rings. The lowest BCUT2D eigenvalue weighted by Crippen LogP contribution is -2.38. The Kier molecular flexibility index (Phi) is 7.50. The van der Waals surface area contributed by atoms with Crippen molar-refractivity contribution < 1.29 is 4.74 Å². The van der Waals surface area contributed by atoms with E-state index < -0.39 is 0 Å². The zero-order valence-electron chi connectivity index (χ0n) is 15.7. The molecule has 0 amide bonds. The molecule has 0 heterocycles. The molecule has 0 spiro atoms. The van der Waals surface area contributed by atoms with Gasteiger partial charge >= 0.3 is 0 Å². The third kappa shape index (κ3) is 5.82. The van der Waals surface area contributed by atoms with Crippen LogP contribution in [-0.4, -0.2) is 26.2 Å². The number of hydrogen-bond donors (Lipinski definition) is 2. The van der Waals surface area contributed by atoms with Crippen molar-refractivity contribution in [1.82, 2.24) is 10.6 Å². The van der Waals surface area contributed by atoms with E-state index in [2.05, 4.69) is 40.8 Å². The molecule has 0 aliphatic rings. The van der Waals surface area contributed by atoms with Crippen molar-refractivity contribution in [3.05, 3.63) is 64.7 Å². The fourth-order valence-corrected chi connectivity index (χ4v) is 2.62. The van der Waals surface area contributed by atoms with Gasteiger partial charge in [-0.15, -0.1) is 0 Å². The molecule has 0 radical (unpaired) electrons. The lowest BCUT2D eigenvalue weighted by atomic mass is 10.1. The van der Waals surface area contributed by atoms with Crippen LogP contribution in [0.5, 0.6) is 5.75 Å². The summed E-state index contributed by atoms with van der Waals surface area (Å²) in [6, 6.07) is 15.8. The van der Waals surface area contributed by atoms with Crippen LogP contribution in [0.2, 0.25) is 0 Å². The quantitative estimate of drug-likeness (QED) is 0.594. The zero-order chi connectivity index (χ0) is 18.8. The SMILES string of the molecule is CCNC(=NCc1ccc(C#N)cc1)NCCc1cc(C)ccc1OC. The number of hydrogen-bond acceptors (Lipinski definition) is 3. The molecule has 26 heavy (non-hydrogen) atoms. The van der Waals surface area contributed by atoms with Crippen LogP contribution < -0.4 is 15.4 Å². The molecule has 0 saturated carbocycles. The molecule has 0 bridgehead atoms. The summed E-state index contributed by atoms with van der Waals surface area (Å²) in [5.41, 5.74) is 4.14. The van der Waals surface area contributed by atoms with Crippen molar-refractivity contribution >= 4 is 5.96 Å². The first-order valence-electron chi connectivity index (χ1n) is 8.81. The number of guanidine groups is 1. The maximum Gasteiger partial charge on any atom is 0.191 e. The lowest BCUT2D eigenvalue weighted by Gasteiger charge is -2.13. The van der Waals surface area contributed by atoms with Gasteiger partial charge in [0.05, 0.1) is 25.3 Å². The molecule has 0 unspecified atom stereocenters. The van der Waals surface area contributed by atoms with E-state index in [1.807, 2.05) is 37.3 Å². The van der Waals surface area contributed by atoms with Gasteiger partial charge in [0.2, 0.25) is 0 Å². The van der Waals surface area contributed by atoms with Crippen molar-refractivity contribution in [2.75, 3.05) is 20.2 Å². The second kappa shape index (κ2) is 10.1. The van der Waals surface area contributed by atoms with E-state index in [0.29, 0.717) is 12.1 Å². The van der Waals surface area contributed by atoms with E-state index in [1.165, 1.54) is 11.1 Å². The predicted octanol–water partition coefficient (Wildman–Crippen LogP) is 3.17. The number of nitriles is 1. The van der Waals surface area contributed by atoms with Gasteiger partial charge in [-0.2, -0.15) is 5.26 Å². The number of rotatable bonds is 7. The zero-order valence-corrected chi connectivity index (χ0v) is 15.7. The van der Waals surface area contributed by atoms with Crippen LogP contribution in [-0.2, 0) is 13.0 Å². The summed E-state index contributed by atoms with van der Waals surface area (Å²) < 4.78 is 5.43. The Bertz CT molecular complexity index is 776. The predicted molar refractivity (Wildman–Crippen MR) is 105 cm³/mol. The minimum atomic E-state index is 0.564. The van der Waals surface area contributed by atoms with Crippen LogP contribution in [0.3, 0.4) is 0 Å². The average Bonchev–Trinajstić information content (AvgIpc) is 2.66. The number of benzene rings is 2. The molecule has 0 atom stereocenters. The molecular formula is C21H26N4O. The summed E-state index contributed by atoms with van der Waals surface area (Å²) in [5.74, 6) is 1.69. The van der Waals surface area contributed by atoms with Gasteiger partial charge in [0.15, 0.2) is 5.96 Å². The number of aryl methyl sites for hydroxylation is 1. The first-order valence-corrected chi connectivity index (χ1v) is 8.81. The topological polar surface area (TPSA) is 69.4 Å². The molecule has 2 rings (SSSR count). The number of ether oxygens (including phenoxy) is 1. The Morgan fingerprint density at radius 1 is 1.15 bits per heavy atom. The van der Waals surface area contributed by atoms with Gasteiger partial charge in [-0.1, -0.05) is 29.8 Å². The molecule has 2 aromatic rings. The van der Waals surface area contributed by atoms with Gasteiger partial charge < -0.3 is 15.4 Å². The molecule has 0 saturated heterocycles. The van der Waals surface area contributed by atoms with Crippen molar-refractivity contribution in [2.24, 2.45) is 4.99 Å². The first kappa shape index (κ1) is 19.3. The smallest absolute Gasteiger partial charge is 0.191 e. The van der Waals surface area contributed by atoms with E-state index in [9.17, 15) is 0 Å². The van der Waals surface area contributed by atoms with E-state index in [-0.39, 0.29) is 0 Å². The normalized spacial score (nSPS) is 10.9. The van der Waals surface area contributed by atoms with Crippen molar-refractivity contribution in [1.29, 1.82) is 5.26 Å². The Morgan fingerprint density at radius 3 is 2.58 bits per heavy atom. The maximum atomic E-state index is 8.86. The van der Waals surface area contributed by atoms with E-state index in [1.54, 1.807) is 7.11 Å². The summed E-state index contributed by atoms with van der Waals surface area (Å²) >= 11 is 0. The highest BCUT2D eigenvalue weighted by Gasteiger charge is 2.04. The number of nitrogens with zero attached hydrogens (tertiary/aromatic N) is 2. The van der Waals surface area contributed by atoms with E-state index >= 15 is 0 Å². The highest BCUT2D eigenvalue weighted by Crippen LogP contribution is 2.19. The molecule has 5 heteroatoms. The fraction of sp³-hybridized carbons (Fsp3) is 0.333. The Balaban J connectivity index is 1.95. The molecule has 0 aromatic heterocycles. The van der Waals surface area contributed by atoms with Gasteiger partial charge in [-0.3, -0.25) is 0 Å². The van der Waals surface area contributed by atoms with Crippen LogP contribution in [0.25, 0.3) is 0 Å². The molecule has 0 aliphatic heterocycles. The second-order valence-electron chi connectivity index (χ2n) is 6.00. The standard InChI is InChI=1S/C21H26N4O/c1-4-23-21(25-15-18-8-6-17(14-22)7-9-18)24-12-11-19-13-16(2)5-10-20(19)26-3/h5-10,13H,4,11-12,15H2,1-3H3,(H2,23,24,25). The van der Waals surface area contributed by atoms with Gasteiger partial charge in [0.25, 0.3) is 0 Å². The average molecular weight is 350 g/mol.